The number of rotatable bonds is 7. The molecule has 0 radical (unpaired) electrons. The van der Waals surface area contributed by atoms with Gasteiger partial charge in [0.15, 0.2) is 11.5 Å². The van der Waals surface area contributed by atoms with Crippen LogP contribution < -0.4 is 14.8 Å². The van der Waals surface area contributed by atoms with Gasteiger partial charge in [0.2, 0.25) is 5.91 Å². The Morgan fingerprint density at radius 2 is 1.81 bits per heavy atom. The zero-order chi connectivity index (χ0) is 18.6. The summed E-state index contributed by atoms with van der Waals surface area (Å²) in [6.07, 6.45) is 2.05. The molecule has 2 aromatic carbocycles. The molecule has 1 amide bonds. The van der Waals surface area contributed by atoms with Crippen LogP contribution in [0.2, 0.25) is 0 Å². The van der Waals surface area contributed by atoms with Crippen molar-refractivity contribution in [1.82, 2.24) is 10.2 Å². The lowest BCUT2D eigenvalue weighted by molar-refractivity contribution is -0.127. The van der Waals surface area contributed by atoms with Gasteiger partial charge in [-0.3, -0.25) is 9.69 Å². The Hall–Kier alpha value is -2.53. The third-order valence-corrected chi connectivity index (χ3v) is 5.06. The molecule has 0 saturated heterocycles. The minimum Gasteiger partial charge on any atom is -0.486 e. The molecule has 0 aromatic heterocycles. The summed E-state index contributed by atoms with van der Waals surface area (Å²) in [4.78, 5) is 15.2. The number of nitrogens with zero attached hydrogens (tertiary/aromatic N) is 1. The fraction of sp³-hybridized carbons (Fsp3) is 0.409. The van der Waals surface area contributed by atoms with Crippen molar-refractivity contribution in [3.8, 4) is 11.5 Å². The Labute approximate surface area is 160 Å². The number of ether oxygens (including phenoxy) is 2. The van der Waals surface area contributed by atoms with Crippen LogP contribution in [-0.4, -0.2) is 42.6 Å². The Bertz CT molecular complexity index is 776. The first-order valence-electron chi connectivity index (χ1n) is 9.72. The number of likely N-dealkylation sites (N-methyl/N-ethyl adjacent to an activating group) is 1. The molecule has 1 fully saturated rings. The Kier molecular flexibility index (Phi) is 5.30. The van der Waals surface area contributed by atoms with Gasteiger partial charge >= 0.3 is 0 Å². The van der Waals surface area contributed by atoms with Gasteiger partial charge in [-0.1, -0.05) is 49.4 Å². The maximum absolute atomic E-state index is 13.0. The molecule has 2 atom stereocenters. The predicted molar refractivity (Wildman–Crippen MR) is 104 cm³/mol. The molecular weight excluding hydrogens is 340 g/mol. The molecule has 1 N–H and O–H groups in total. The molecule has 4 rings (SSSR count). The van der Waals surface area contributed by atoms with Crippen LogP contribution in [0.1, 0.15) is 31.4 Å². The van der Waals surface area contributed by atoms with Gasteiger partial charge in [-0.05, 0) is 37.1 Å². The molecule has 2 unspecified atom stereocenters. The summed E-state index contributed by atoms with van der Waals surface area (Å²) in [5.74, 6) is 1.62. The van der Waals surface area contributed by atoms with Gasteiger partial charge in [0.05, 0.1) is 0 Å². The summed E-state index contributed by atoms with van der Waals surface area (Å²) in [5.41, 5.74) is 1.01. The highest BCUT2D eigenvalue weighted by Gasteiger charge is 2.33. The van der Waals surface area contributed by atoms with Crippen LogP contribution in [0.5, 0.6) is 11.5 Å². The summed E-state index contributed by atoms with van der Waals surface area (Å²) in [5, 5.41) is 3.17. The number of fused-ring (bicyclic) bond motifs is 1. The molecule has 2 aromatic rings. The highest BCUT2D eigenvalue weighted by Crippen LogP contribution is 2.32. The maximum atomic E-state index is 13.0. The Morgan fingerprint density at radius 3 is 2.52 bits per heavy atom. The summed E-state index contributed by atoms with van der Waals surface area (Å²) in [6.45, 7) is 3.94. The fourth-order valence-electron chi connectivity index (χ4n) is 3.50. The van der Waals surface area contributed by atoms with Crippen molar-refractivity contribution in [3.05, 3.63) is 60.2 Å². The van der Waals surface area contributed by atoms with E-state index in [1.54, 1.807) is 0 Å². The number of nitrogens with one attached hydrogen (secondary N) is 1. The lowest BCUT2D eigenvalue weighted by atomic mass is 10.0. The summed E-state index contributed by atoms with van der Waals surface area (Å²) < 4.78 is 12.0. The maximum Gasteiger partial charge on any atom is 0.242 e. The van der Waals surface area contributed by atoms with Crippen molar-refractivity contribution in [2.45, 2.75) is 38.0 Å². The first kappa shape index (κ1) is 17.9. The minimum absolute atomic E-state index is 0.0719. The van der Waals surface area contributed by atoms with Crippen LogP contribution in [0.4, 0.5) is 0 Å². The minimum atomic E-state index is -0.322. The van der Waals surface area contributed by atoms with E-state index >= 15 is 0 Å². The van der Waals surface area contributed by atoms with E-state index in [2.05, 4.69) is 17.1 Å². The topological polar surface area (TPSA) is 50.8 Å². The van der Waals surface area contributed by atoms with E-state index in [0.717, 1.165) is 36.4 Å². The predicted octanol–water partition coefficient (Wildman–Crippen LogP) is 3.17. The van der Waals surface area contributed by atoms with Gasteiger partial charge in [-0.2, -0.15) is 0 Å². The molecule has 5 heteroatoms. The lowest BCUT2D eigenvalue weighted by Gasteiger charge is -2.35. The van der Waals surface area contributed by atoms with Crippen molar-refractivity contribution < 1.29 is 14.3 Å². The van der Waals surface area contributed by atoms with Crippen molar-refractivity contribution in [2.75, 3.05) is 19.7 Å². The van der Waals surface area contributed by atoms with Crippen molar-refractivity contribution >= 4 is 5.91 Å². The third kappa shape index (κ3) is 4.25. The van der Waals surface area contributed by atoms with Crippen molar-refractivity contribution in [2.24, 2.45) is 0 Å². The van der Waals surface area contributed by atoms with E-state index < -0.39 is 0 Å². The second-order valence-electron chi connectivity index (χ2n) is 7.18. The Morgan fingerprint density at radius 1 is 1.11 bits per heavy atom. The largest absolute Gasteiger partial charge is 0.486 e. The number of hydrogen-bond donors (Lipinski definition) is 1. The molecule has 1 aliphatic heterocycles. The van der Waals surface area contributed by atoms with E-state index in [1.165, 1.54) is 0 Å². The SMILES string of the molecule is CCN(CC1COc2ccccc2O1)C(C(=O)NC1CC1)c1ccccc1. The molecule has 0 spiro atoms. The zero-order valence-corrected chi connectivity index (χ0v) is 15.6. The molecule has 27 heavy (non-hydrogen) atoms. The van der Waals surface area contributed by atoms with Crippen LogP contribution in [-0.2, 0) is 4.79 Å². The van der Waals surface area contributed by atoms with Crippen LogP contribution in [0, 0.1) is 0 Å². The van der Waals surface area contributed by atoms with Gasteiger partial charge in [0, 0.05) is 12.6 Å². The van der Waals surface area contributed by atoms with Crippen molar-refractivity contribution in [3.63, 3.8) is 0 Å². The molecule has 2 aliphatic rings. The van der Waals surface area contributed by atoms with E-state index in [4.69, 9.17) is 9.47 Å². The lowest BCUT2D eigenvalue weighted by Crippen LogP contribution is -2.47. The zero-order valence-electron chi connectivity index (χ0n) is 15.6. The van der Waals surface area contributed by atoms with Crippen LogP contribution in [0.3, 0.4) is 0 Å². The van der Waals surface area contributed by atoms with Crippen molar-refractivity contribution in [1.29, 1.82) is 0 Å². The average Bonchev–Trinajstić information content (AvgIpc) is 3.52. The second kappa shape index (κ2) is 8.01. The van der Waals surface area contributed by atoms with Gasteiger partial charge in [0.25, 0.3) is 0 Å². The summed E-state index contributed by atoms with van der Waals surface area (Å²) in [7, 11) is 0. The first-order chi connectivity index (χ1) is 13.2. The quantitative estimate of drug-likeness (QED) is 0.818. The van der Waals surface area contributed by atoms with E-state index in [-0.39, 0.29) is 18.1 Å². The van der Waals surface area contributed by atoms with Crippen LogP contribution in [0.25, 0.3) is 0 Å². The average molecular weight is 366 g/mol. The number of amides is 1. The third-order valence-electron chi connectivity index (χ3n) is 5.06. The first-order valence-corrected chi connectivity index (χ1v) is 9.72. The summed E-state index contributed by atoms with van der Waals surface area (Å²) >= 11 is 0. The van der Waals surface area contributed by atoms with Gasteiger partial charge in [-0.25, -0.2) is 0 Å². The normalized spacial score (nSPS) is 19.6. The standard InChI is InChI=1S/C22H26N2O3/c1-2-24(14-18-15-26-19-10-6-7-11-20(19)27-18)21(16-8-4-3-5-9-16)22(25)23-17-12-13-17/h3-11,17-18,21H,2,12-15H2,1H3,(H,23,25). The van der Waals surface area contributed by atoms with Gasteiger partial charge in [0.1, 0.15) is 18.8 Å². The fourth-order valence-corrected chi connectivity index (χ4v) is 3.50. The van der Waals surface area contributed by atoms with E-state index in [1.807, 2.05) is 54.6 Å². The number of hydrogen-bond acceptors (Lipinski definition) is 4. The van der Waals surface area contributed by atoms with E-state index in [0.29, 0.717) is 19.2 Å². The monoisotopic (exact) mass is 366 g/mol. The number of para-hydroxylation sites is 2. The molecule has 142 valence electrons. The second-order valence-corrected chi connectivity index (χ2v) is 7.18. The highest BCUT2D eigenvalue weighted by atomic mass is 16.6. The summed E-state index contributed by atoms with van der Waals surface area (Å²) in [6, 6.07) is 17.7. The van der Waals surface area contributed by atoms with Gasteiger partial charge in [-0.15, -0.1) is 0 Å². The number of carbonyl (C=O) groups excluding carboxylic acids is 1. The van der Waals surface area contributed by atoms with Gasteiger partial charge < -0.3 is 14.8 Å². The van der Waals surface area contributed by atoms with Crippen LogP contribution in [0.15, 0.2) is 54.6 Å². The van der Waals surface area contributed by atoms with Crippen LogP contribution >= 0.6 is 0 Å². The Balaban J connectivity index is 1.51. The van der Waals surface area contributed by atoms with E-state index in [9.17, 15) is 4.79 Å². The molecule has 5 nitrogen and oxygen atoms in total. The molecule has 1 saturated carbocycles. The molecule has 1 heterocycles. The molecule has 1 aliphatic carbocycles. The highest BCUT2D eigenvalue weighted by molar-refractivity contribution is 5.83. The molecular formula is C22H26N2O3. The smallest absolute Gasteiger partial charge is 0.242 e. The number of benzene rings is 2. The molecule has 0 bridgehead atoms. The number of carbonyl (C=O) groups is 1.